The van der Waals surface area contributed by atoms with Crippen LogP contribution in [-0.2, 0) is 6.61 Å². The van der Waals surface area contributed by atoms with Crippen molar-refractivity contribution in [3.8, 4) is 17.2 Å². The van der Waals surface area contributed by atoms with Crippen LogP contribution in [0.3, 0.4) is 0 Å². The number of halogens is 2. The molecule has 0 unspecified atom stereocenters. The van der Waals surface area contributed by atoms with Gasteiger partial charge < -0.3 is 14.6 Å². The zero-order valence-corrected chi connectivity index (χ0v) is 17.1. The smallest absolute Gasteiger partial charge is 0.185 e. The number of allylic oxidation sites excluding steroid dienone is 1. The molecular weight excluding hydrogens is 411 g/mol. The molecule has 0 spiro atoms. The van der Waals surface area contributed by atoms with E-state index in [4.69, 9.17) is 32.7 Å². The Hall–Kier alpha value is -2.95. The van der Waals surface area contributed by atoms with Crippen LogP contribution in [0.1, 0.15) is 21.5 Å². The molecule has 0 aliphatic heterocycles. The first kappa shape index (κ1) is 20.8. The third-order valence-corrected chi connectivity index (χ3v) is 4.88. The molecule has 1 N–H and O–H groups in total. The summed E-state index contributed by atoms with van der Waals surface area (Å²) in [7, 11) is 1.55. The van der Waals surface area contributed by atoms with Crippen LogP contribution in [0, 0.1) is 0 Å². The van der Waals surface area contributed by atoms with Gasteiger partial charge in [-0.05, 0) is 48.0 Å². The van der Waals surface area contributed by atoms with Crippen LogP contribution < -0.4 is 9.47 Å². The molecule has 0 fully saturated rings. The quantitative estimate of drug-likeness (QED) is 0.360. The first-order chi connectivity index (χ1) is 14.0. The van der Waals surface area contributed by atoms with E-state index >= 15 is 0 Å². The highest BCUT2D eigenvalue weighted by Crippen LogP contribution is 2.33. The molecule has 0 atom stereocenters. The summed E-state index contributed by atoms with van der Waals surface area (Å²) in [6, 6.07) is 16.9. The molecule has 0 aliphatic rings. The van der Waals surface area contributed by atoms with Gasteiger partial charge in [-0.2, -0.15) is 0 Å². The van der Waals surface area contributed by atoms with E-state index in [1.165, 1.54) is 18.2 Å². The van der Waals surface area contributed by atoms with E-state index in [0.29, 0.717) is 32.7 Å². The van der Waals surface area contributed by atoms with E-state index in [9.17, 15) is 9.90 Å². The molecule has 0 saturated heterocycles. The molecule has 0 heterocycles. The van der Waals surface area contributed by atoms with Crippen LogP contribution in [-0.4, -0.2) is 18.0 Å². The van der Waals surface area contributed by atoms with Gasteiger partial charge in [-0.25, -0.2) is 0 Å². The lowest BCUT2D eigenvalue weighted by molar-refractivity contribution is 0.104. The first-order valence-electron chi connectivity index (χ1n) is 8.73. The van der Waals surface area contributed by atoms with Crippen molar-refractivity contribution < 1.29 is 19.4 Å². The molecule has 0 bridgehead atoms. The van der Waals surface area contributed by atoms with Gasteiger partial charge in [0.2, 0.25) is 0 Å². The Morgan fingerprint density at radius 3 is 2.55 bits per heavy atom. The second kappa shape index (κ2) is 9.50. The van der Waals surface area contributed by atoms with Gasteiger partial charge in [0.25, 0.3) is 0 Å². The van der Waals surface area contributed by atoms with E-state index in [1.54, 1.807) is 43.5 Å². The van der Waals surface area contributed by atoms with E-state index in [0.717, 1.165) is 5.56 Å². The Balaban J connectivity index is 1.83. The Bertz CT molecular complexity index is 1060. The number of phenolic OH excluding ortho intramolecular Hbond substituents is 1. The Morgan fingerprint density at radius 1 is 1.03 bits per heavy atom. The van der Waals surface area contributed by atoms with Crippen molar-refractivity contribution >= 4 is 35.1 Å². The van der Waals surface area contributed by atoms with Gasteiger partial charge in [0.05, 0.1) is 17.2 Å². The lowest BCUT2D eigenvalue weighted by Gasteiger charge is -2.14. The monoisotopic (exact) mass is 428 g/mol. The fourth-order valence-electron chi connectivity index (χ4n) is 2.69. The molecule has 0 amide bonds. The summed E-state index contributed by atoms with van der Waals surface area (Å²) in [5.41, 5.74) is 1.91. The largest absolute Gasteiger partial charge is 0.508 e. The van der Waals surface area contributed by atoms with Crippen molar-refractivity contribution in [3.05, 3.63) is 93.5 Å². The molecule has 6 heteroatoms. The summed E-state index contributed by atoms with van der Waals surface area (Å²) < 4.78 is 11.4. The normalized spacial score (nSPS) is 10.9. The predicted molar refractivity (Wildman–Crippen MR) is 115 cm³/mol. The van der Waals surface area contributed by atoms with Crippen molar-refractivity contribution in [2.24, 2.45) is 0 Å². The van der Waals surface area contributed by atoms with Gasteiger partial charge in [-0.1, -0.05) is 53.5 Å². The standard InChI is InChI=1S/C23H18Cl2O4/c1-28-22-7-3-4-16(9-11-21(27)17-5-2-6-18(26)13-17)23(22)29-14-15-8-10-19(24)20(25)12-15/h2-13,26H,14H2,1H3/b11-9+. The number of rotatable bonds is 7. The molecule has 3 aromatic rings. The van der Waals surface area contributed by atoms with Crippen LogP contribution >= 0.6 is 23.2 Å². The number of hydrogen-bond acceptors (Lipinski definition) is 4. The summed E-state index contributed by atoms with van der Waals surface area (Å²) in [5, 5.41) is 10.5. The lowest BCUT2D eigenvalue weighted by Crippen LogP contribution is -2.00. The topological polar surface area (TPSA) is 55.8 Å². The number of methoxy groups -OCH3 is 1. The van der Waals surface area contributed by atoms with Gasteiger partial charge >= 0.3 is 0 Å². The number of carbonyl (C=O) groups is 1. The van der Waals surface area contributed by atoms with Crippen molar-refractivity contribution in [1.29, 1.82) is 0 Å². The fourth-order valence-corrected chi connectivity index (χ4v) is 3.01. The van der Waals surface area contributed by atoms with Crippen molar-refractivity contribution in [2.75, 3.05) is 7.11 Å². The lowest BCUT2D eigenvalue weighted by atomic mass is 10.1. The number of benzene rings is 3. The molecular formula is C23H18Cl2O4. The summed E-state index contributed by atoms with van der Waals surface area (Å²) in [4.78, 5) is 12.4. The van der Waals surface area contributed by atoms with Crippen molar-refractivity contribution in [2.45, 2.75) is 6.61 Å². The van der Waals surface area contributed by atoms with Crippen molar-refractivity contribution in [3.63, 3.8) is 0 Å². The summed E-state index contributed by atoms with van der Waals surface area (Å²) in [6.45, 7) is 0.249. The van der Waals surface area contributed by atoms with E-state index in [1.807, 2.05) is 18.2 Å². The van der Waals surface area contributed by atoms with Gasteiger partial charge in [0.1, 0.15) is 12.4 Å². The van der Waals surface area contributed by atoms with Crippen LogP contribution in [0.5, 0.6) is 17.2 Å². The molecule has 29 heavy (non-hydrogen) atoms. The highest BCUT2D eigenvalue weighted by atomic mass is 35.5. The zero-order valence-electron chi connectivity index (χ0n) is 15.6. The third-order valence-electron chi connectivity index (χ3n) is 4.14. The Morgan fingerprint density at radius 2 is 1.83 bits per heavy atom. The van der Waals surface area contributed by atoms with Gasteiger partial charge in [0.15, 0.2) is 17.3 Å². The SMILES string of the molecule is COc1cccc(/C=C/C(=O)c2cccc(O)c2)c1OCc1ccc(Cl)c(Cl)c1. The maximum atomic E-state index is 12.4. The highest BCUT2D eigenvalue weighted by molar-refractivity contribution is 6.42. The molecule has 0 aliphatic carbocycles. The fraction of sp³-hybridized carbons (Fsp3) is 0.0870. The van der Waals surface area contributed by atoms with Crippen molar-refractivity contribution in [1.82, 2.24) is 0 Å². The minimum Gasteiger partial charge on any atom is -0.508 e. The minimum absolute atomic E-state index is 0.0382. The van der Waals surface area contributed by atoms with Gasteiger partial charge in [-0.3, -0.25) is 4.79 Å². The number of hydrogen-bond donors (Lipinski definition) is 1. The molecule has 3 aromatic carbocycles. The average molecular weight is 429 g/mol. The molecule has 4 nitrogen and oxygen atoms in total. The summed E-state index contributed by atoms with van der Waals surface area (Å²) in [5.74, 6) is 0.841. The third kappa shape index (κ3) is 5.31. The Kier molecular flexibility index (Phi) is 6.81. The summed E-state index contributed by atoms with van der Waals surface area (Å²) in [6.07, 6.45) is 3.08. The molecule has 0 radical (unpaired) electrons. The van der Waals surface area contributed by atoms with E-state index in [-0.39, 0.29) is 18.1 Å². The summed E-state index contributed by atoms with van der Waals surface area (Å²) >= 11 is 12.0. The number of ether oxygens (including phenoxy) is 2. The first-order valence-corrected chi connectivity index (χ1v) is 9.48. The second-order valence-corrected chi connectivity index (χ2v) is 6.98. The maximum absolute atomic E-state index is 12.4. The molecule has 0 saturated carbocycles. The average Bonchev–Trinajstić information content (AvgIpc) is 2.72. The minimum atomic E-state index is -0.237. The number of ketones is 1. The number of phenols is 1. The van der Waals surface area contributed by atoms with Gasteiger partial charge in [-0.15, -0.1) is 0 Å². The van der Waals surface area contributed by atoms with Crippen LogP contribution in [0.25, 0.3) is 6.08 Å². The number of para-hydroxylation sites is 1. The predicted octanol–water partition coefficient (Wildman–Crippen LogP) is 6.18. The van der Waals surface area contributed by atoms with E-state index < -0.39 is 0 Å². The second-order valence-electron chi connectivity index (χ2n) is 6.16. The molecule has 3 rings (SSSR count). The Labute approximate surface area is 178 Å². The van der Waals surface area contributed by atoms with Crippen LogP contribution in [0.2, 0.25) is 10.0 Å². The zero-order chi connectivity index (χ0) is 20.8. The number of aromatic hydroxyl groups is 1. The van der Waals surface area contributed by atoms with E-state index in [2.05, 4.69) is 0 Å². The highest BCUT2D eigenvalue weighted by Gasteiger charge is 2.11. The van der Waals surface area contributed by atoms with Crippen LogP contribution in [0.4, 0.5) is 0 Å². The molecule has 148 valence electrons. The maximum Gasteiger partial charge on any atom is 0.185 e. The molecule has 0 aromatic heterocycles. The number of carbonyl (C=O) groups excluding carboxylic acids is 1. The van der Waals surface area contributed by atoms with Gasteiger partial charge in [0, 0.05) is 11.1 Å². The van der Waals surface area contributed by atoms with Crippen LogP contribution in [0.15, 0.2) is 66.7 Å².